The van der Waals surface area contributed by atoms with Crippen LogP contribution in [-0.4, -0.2) is 29.0 Å². The number of benzene rings is 2. The van der Waals surface area contributed by atoms with Crippen LogP contribution in [0.15, 0.2) is 67.0 Å². The number of rotatable bonds is 6. The molecule has 0 unspecified atom stereocenters. The van der Waals surface area contributed by atoms with E-state index < -0.39 is 0 Å². The maximum Gasteiger partial charge on any atom is 0.319 e. The van der Waals surface area contributed by atoms with Crippen molar-refractivity contribution in [2.75, 3.05) is 18.5 Å². The van der Waals surface area contributed by atoms with E-state index in [1.165, 1.54) is 0 Å². The van der Waals surface area contributed by atoms with Gasteiger partial charge in [-0.2, -0.15) is 5.10 Å². The lowest BCUT2D eigenvalue weighted by molar-refractivity contribution is 0.247. The average molecular weight is 357 g/mol. The monoisotopic (exact) mass is 356 g/mol. The third-order valence-electron chi connectivity index (χ3n) is 3.37. The van der Waals surface area contributed by atoms with Crippen molar-refractivity contribution in [1.82, 2.24) is 15.1 Å². The highest BCUT2D eigenvalue weighted by Crippen LogP contribution is 2.18. The number of nitrogens with zero attached hydrogens (tertiary/aromatic N) is 2. The number of nitrogens with one attached hydrogen (secondary N) is 2. The molecule has 0 radical (unpaired) electrons. The van der Waals surface area contributed by atoms with Crippen LogP contribution in [0.25, 0.3) is 5.69 Å². The topological polar surface area (TPSA) is 68.2 Å². The van der Waals surface area contributed by atoms with E-state index in [0.29, 0.717) is 29.6 Å². The van der Waals surface area contributed by atoms with E-state index in [9.17, 15) is 4.79 Å². The van der Waals surface area contributed by atoms with Gasteiger partial charge in [-0.1, -0.05) is 23.7 Å². The van der Waals surface area contributed by atoms with Gasteiger partial charge >= 0.3 is 6.03 Å². The van der Waals surface area contributed by atoms with Gasteiger partial charge in [0.2, 0.25) is 0 Å². The van der Waals surface area contributed by atoms with Crippen LogP contribution in [0.2, 0.25) is 5.02 Å². The summed E-state index contributed by atoms with van der Waals surface area (Å²) in [5, 5.41) is 10.4. The molecule has 3 rings (SSSR count). The van der Waals surface area contributed by atoms with Gasteiger partial charge in [-0.3, -0.25) is 0 Å². The van der Waals surface area contributed by atoms with Crippen LogP contribution < -0.4 is 15.4 Å². The Bertz CT molecular complexity index is 819. The van der Waals surface area contributed by atoms with E-state index in [4.69, 9.17) is 16.3 Å². The van der Waals surface area contributed by atoms with E-state index >= 15 is 0 Å². The largest absolute Gasteiger partial charge is 0.492 e. The van der Waals surface area contributed by atoms with Gasteiger partial charge in [-0.25, -0.2) is 9.48 Å². The molecule has 2 N–H and O–H groups in total. The summed E-state index contributed by atoms with van der Waals surface area (Å²) in [5.41, 5.74) is 1.46. The Balaban J connectivity index is 1.49. The summed E-state index contributed by atoms with van der Waals surface area (Å²) in [6, 6.07) is 16.0. The summed E-state index contributed by atoms with van der Waals surface area (Å²) in [4.78, 5) is 12.1. The Morgan fingerprint density at radius 3 is 2.68 bits per heavy atom. The molecule has 2 aromatic carbocycles. The number of carbonyl (C=O) groups excluding carboxylic acids is 1. The molecule has 128 valence electrons. The molecule has 0 aliphatic rings. The second-order valence-corrected chi connectivity index (χ2v) is 5.59. The lowest BCUT2D eigenvalue weighted by Gasteiger charge is -2.12. The van der Waals surface area contributed by atoms with E-state index in [1.807, 2.05) is 36.5 Å². The molecule has 6 nitrogen and oxygen atoms in total. The molecule has 0 spiro atoms. The molecule has 0 bridgehead atoms. The predicted molar refractivity (Wildman–Crippen MR) is 97.5 cm³/mol. The van der Waals surface area contributed by atoms with Crippen molar-refractivity contribution in [3.8, 4) is 11.4 Å². The highest BCUT2D eigenvalue weighted by molar-refractivity contribution is 6.30. The average Bonchev–Trinajstić information content (AvgIpc) is 3.15. The highest BCUT2D eigenvalue weighted by atomic mass is 35.5. The van der Waals surface area contributed by atoms with Gasteiger partial charge < -0.3 is 15.4 Å². The van der Waals surface area contributed by atoms with E-state index in [0.717, 1.165) is 5.69 Å². The molecule has 0 saturated heterocycles. The first-order chi connectivity index (χ1) is 12.2. The Kier molecular flexibility index (Phi) is 5.53. The van der Waals surface area contributed by atoms with Crippen molar-refractivity contribution in [2.24, 2.45) is 0 Å². The van der Waals surface area contributed by atoms with Gasteiger partial charge in [-0.15, -0.1) is 0 Å². The second kappa shape index (κ2) is 8.21. The quantitative estimate of drug-likeness (QED) is 0.661. The lowest BCUT2D eigenvalue weighted by atomic mass is 10.2. The number of para-hydroxylation sites is 2. The third-order valence-corrected chi connectivity index (χ3v) is 3.63. The standard InChI is InChI=1S/C18H17ClN4O2/c19-14-6-8-15(9-7-14)25-13-11-20-18(24)22-16-4-1-2-5-17(16)23-12-3-10-21-23/h1-10,12H,11,13H2,(H2,20,22,24). The Morgan fingerprint density at radius 1 is 1.12 bits per heavy atom. The molecule has 2 amide bonds. The molecule has 1 aromatic heterocycles. The number of ether oxygens (including phenoxy) is 1. The third kappa shape index (κ3) is 4.74. The van der Waals surface area contributed by atoms with Gasteiger partial charge in [0.05, 0.1) is 17.9 Å². The van der Waals surface area contributed by atoms with Crippen LogP contribution in [0.5, 0.6) is 5.75 Å². The van der Waals surface area contributed by atoms with Gasteiger partial charge in [0, 0.05) is 17.4 Å². The molecule has 1 heterocycles. The zero-order chi connectivity index (χ0) is 17.5. The molecular weight excluding hydrogens is 340 g/mol. The fourth-order valence-electron chi connectivity index (χ4n) is 2.22. The maximum atomic E-state index is 12.1. The summed E-state index contributed by atoms with van der Waals surface area (Å²) in [7, 11) is 0. The Labute approximate surface area is 150 Å². The molecule has 0 aliphatic carbocycles. The number of anilines is 1. The smallest absolute Gasteiger partial charge is 0.319 e. The number of halogens is 1. The zero-order valence-corrected chi connectivity index (χ0v) is 14.1. The fraction of sp³-hybridized carbons (Fsp3) is 0.111. The Morgan fingerprint density at radius 2 is 1.92 bits per heavy atom. The molecule has 25 heavy (non-hydrogen) atoms. The van der Waals surface area contributed by atoms with E-state index in [-0.39, 0.29) is 6.03 Å². The summed E-state index contributed by atoms with van der Waals surface area (Å²) in [6.07, 6.45) is 3.50. The summed E-state index contributed by atoms with van der Waals surface area (Å²) in [6.45, 7) is 0.730. The predicted octanol–water partition coefficient (Wildman–Crippen LogP) is 3.73. The summed E-state index contributed by atoms with van der Waals surface area (Å²) < 4.78 is 7.22. The normalized spacial score (nSPS) is 10.3. The van der Waals surface area contributed by atoms with Gasteiger partial charge in [0.15, 0.2) is 0 Å². The molecule has 7 heteroatoms. The fourth-order valence-corrected chi connectivity index (χ4v) is 2.35. The van der Waals surface area contributed by atoms with Crippen LogP contribution in [0.3, 0.4) is 0 Å². The number of urea groups is 1. The van der Waals surface area contributed by atoms with Crippen LogP contribution in [0, 0.1) is 0 Å². The van der Waals surface area contributed by atoms with Crippen molar-refractivity contribution >= 4 is 23.3 Å². The molecule has 0 aliphatic heterocycles. The van der Waals surface area contributed by atoms with E-state index in [1.54, 1.807) is 35.1 Å². The van der Waals surface area contributed by atoms with Crippen molar-refractivity contribution in [1.29, 1.82) is 0 Å². The Hall–Kier alpha value is -2.99. The van der Waals surface area contributed by atoms with Crippen LogP contribution in [-0.2, 0) is 0 Å². The minimum atomic E-state index is -0.306. The SMILES string of the molecule is O=C(NCCOc1ccc(Cl)cc1)Nc1ccccc1-n1cccn1. The number of amides is 2. The zero-order valence-electron chi connectivity index (χ0n) is 13.4. The van der Waals surface area contributed by atoms with E-state index in [2.05, 4.69) is 15.7 Å². The first-order valence-electron chi connectivity index (χ1n) is 7.74. The van der Waals surface area contributed by atoms with Crippen molar-refractivity contribution in [3.63, 3.8) is 0 Å². The molecule has 3 aromatic rings. The van der Waals surface area contributed by atoms with Crippen molar-refractivity contribution in [2.45, 2.75) is 0 Å². The molecule has 0 saturated carbocycles. The van der Waals surface area contributed by atoms with Gasteiger partial charge in [0.25, 0.3) is 0 Å². The first kappa shape index (κ1) is 16.9. The van der Waals surface area contributed by atoms with Crippen LogP contribution in [0.1, 0.15) is 0 Å². The number of hydrogen-bond donors (Lipinski definition) is 2. The van der Waals surface area contributed by atoms with Crippen molar-refractivity contribution < 1.29 is 9.53 Å². The van der Waals surface area contributed by atoms with Crippen molar-refractivity contribution in [3.05, 3.63) is 72.0 Å². The minimum absolute atomic E-state index is 0.306. The summed E-state index contributed by atoms with van der Waals surface area (Å²) in [5.74, 6) is 0.704. The second-order valence-electron chi connectivity index (χ2n) is 5.15. The lowest BCUT2D eigenvalue weighted by Crippen LogP contribution is -2.32. The molecular formula is C18H17ClN4O2. The number of hydrogen-bond acceptors (Lipinski definition) is 3. The molecule has 0 fully saturated rings. The first-order valence-corrected chi connectivity index (χ1v) is 8.12. The van der Waals surface area contributed by atoms with Crippen LogP contribution in [0.4, 0.5) is 10.5 Å². The summed E-state index contributed by atoms with van der Waals surface area (Å²) >= 11 is 5.81. The van der Waals surface area contributed by atoms with Gasteiger partial charge in [0.1, 0.15) is 12.4 Å². The highest BCUT2D eigenvalue weighted by Gasteiger charge is 2.07. The van der Waals surface area contributed by atoms with Gasteiger partial charge in [-0.05, 0) is 42.5 Å². The van der Waals surface area contributed by atoms with Crippen LogP contribution >= 0.6 is 11.6 Å². The minimum Gasteiger partial charge on any atom is -0.492 e. The maximum absolute atomic E-state index is 12.1. The number of carbonyl (C=O) groups is 1. The number of aromatic nitrogens is 2. The molecule has 0 atom stereocenters.